The lowest BCUT2D eigenvalue weighted by Gasteiger charge is -2.57. The van der Waals surface area contributed by atoms with E-state index in [0.717, 1.165) is 37.1 Å². The average molecular weight is 308 g/mol. The summed E-state index contributed by atoms with van der Waals surface area (Å²) in [6.07, 6.45) is 7.70. The standard InChI is InChI=1S/C18H20N4O/c19-13-7-18(8-13)9-14(10-18)22-17(23)12-4-5-16(21-11-12)15-3-1-2-6-20-15/h1-6,11,13-14H,7-10,19H2,(H,22,23). The van der Waals surface area contributed by atoms with Crippen molar-refractivity contribution in [3.05, 3.63) is 48.3 Å². The lowest BCUT2D eigenvalue weighted by molar-refractivity contribution is -0.0159. The van der Waals surface area contributed by atoms with Gasteiger partial charge < -0.3 is 11.1 Å². The van der Waals surface area contributed by atoms with Gasteiger partial charge in [0.2, 0.25) is 0 Å². The molecule has 0 unspecified atom stereocenters. The number of rotatable bonds is 3. The number of nitrogens with one attached hydrogen (secondary N) is 1. The third-order valence-electron chi connectivity index (χ3n) is 5.04. The van der Waals surface area contributed by atoms with Crippen LogP contribution in [0, 0.1) is 5.41 Å². The van der Waals surface area contributed by atoms with Gasteiger partial charge in [-0.3, -0.25) is 14.8 Å². The van der Waals surface area contributed by atoms with E-state index < -0.39 is 0 Å². The van der Waals surface area contributed by atoms with Crippen LogP contribution in [0.25, 0.3) is 11.4 Å². The summed E-state index contributed by atoms with van der Waals surface area (Å²) < 4.78 is 0. The minimum absolute atomic E-state index is 0.0476. The van der Waals surface area contributed by atoms with Crippen molar-refractivity contribution in [3.63, 3.8) is 0 Å². The maximum absolute atomic E-state index is 12.3. The van der Waals surface area contributed by atoms with E-state index in [2.05, 4.69) is 15.3 Å². The van der Waals surface area contributed by atoms with Crippen LogP contribution >= 0.6 is 0 Å². The van der Waals surface area contributed by atoms with Crippen LogP contribution in [-0.2, 0) is 0 Å². The van der Waals surface area contributed by atoms with Gasteiger partial charge in [-0.2, -0.15) is 0 Å². The Bertz CT molecular complexity index is 700. The highest BCUT2D eigenvalue weighted by molar-refractivity contribution is 5.94. The van der Waals surface area contributed by atoms with Crippen LogP contribution in [0.5, 0.6) is 0 Å². The van der Waals surface area contributed by atoms with Gasteiger partial charge in [-0.1, -0.05) is 6.07 Å². The van der Waals surface area contributed by atoms with Crippen LogP contribution < -0.4 is 11.1 Å². The predicted octanol–water partition coefficient (Wildman–Crippen LogP) is 2.14. The quantitative estimate of drug-likeness (QED) is 0.910. The van der Waals surface area contributed by atoms with Crippen molar-refractivity contribution in [2.45, 2.75) is 37.8 Å². The fourth-order valence-electron chi connectivity index (χ4n) is 3.94. The summed E-state index contributed by atoms with van der Waals surface area (Å²) in [6, 6.07) is 9.99. The third-order valence-corrected chi connectivity index (χ3v) is 5.04. The molecule has 23 heavy (non-hydrogen) atoms. The highest BCUT2D eigenvalue weighted by Crippen LogP contribution is 2.55. The SMILES string of the molecule is NC1CC2(C1)CC(NC(=O)c1ccc(-c3ccccn3)nc1)C2. The number of aromatic nitrogens is 2. The minimum atomic E-state index is -0.0476. The molecule has 1 spiro atoms. The molecule has 5 nitrogen and oxygen atoms in total. The van der Waals surface area contributed by atoms with Crippen molar-refractivity contribution in [1.82, 2.24) is 15.3 Å². The predicted molar refractivity (Wildman–Crippen MR) is 87.6 cm³/mol. The first-order valence-corrected chi connectivity index (χ1v) is 8.07. The molecule has 2 fully saturated rings. The molecule has 1 amide bonds. The Hall–Kier alpha value is -2.27. The Kier molecular flexibility index (Phi) is 3.38. The van der Waals surface area contributed by atoms with Gasteiger partial charge in [-0.05, 0) is 55.4 Å². The molecule has 118 valence electrons. The second-order valence-corrected chi connectivity index (χ2v) is 6.89. The summed E-state index contributed by atoms with van der Waals surface area (Å²) >= 11 is 0. The maximum Gasteiger partial charge on any atom is 0.253 e. The number of amides is 1. The number of pyridine rings is 2. The summed E-state index contributed by atoms with van der Waals surface area (Å²) in [5, 5.41) is 3.09. The van der Waals surface area contributed by atoms with Crippen molar-refractivity contribution in [3.8, 4) is 11.4 Å². The van der Waals surface area contributed by atoms with Crippen LogP contribution in [-0.4, -0.2) is 28.0 Å². The number of nitrogens with zero attached hydrogens (tertiary/aromatic N) is 2. The van der Waals surface area contributed by atoms with Gasteiger partial charge in [-0.15, -0.1) is 0 Å². The van der Waals surface area contributed by atoms with E-state index in [1.54, 1.807) is 18.5 Å². The van der Waals surface area contributed by atoms with E-state index in [4.69, 9.17) is 5.73 Å². The molecular weight excluding hydrogens is 288 g/mol. The van der Waals surface area contributed by atoms with Crippen molar-refractivity contribution in [2.75, 3.05) is 0 Å². The van der Waals surface area contributed by atoms with Gasteiger partial charge in [0, 0.05) is 24.5 Å². The summed E-state index contributed by atoms with van der Waals surface area (Å²) in [7, 11) is 0. The molecule has 0 aromatic carbocycles. The number of hydrogen-bond acceptors (Lipinski definition) is 4. The van der Waals surface area contributed by atoms with Gasteiger partial charge in [0.25, 0.3) is 5.91 Å². The van der Waals surface area contributed by atoms with Crippen molar-refractivity contribution in [2.24, 2.45) is 11.1 Å². The topological polar surface area (TPSA) is 80.9 Å². The Morgan fingerprint density at radius 1 is 1.09 bits per heavy atom. The van der Waals surface area contributed by atoms with E-state index in [9.17, 15) is 4.79 Å². The molecule has 0 saturated heterocycles. The first-order valence-electron chi connectivity index (χ1n) is 8.07. The molecular formula is C18H20N4O. The normalized spacial score (nSPS) is 28.7. The molecule has 2 aromatic rings. The number of carbonyl (C=O) groups excluding carboxylic acids is 1. The molecule has 2 saturated carbocycles. The second-order valence-electron chi connectivity index (χ2n) is 6.89. The van der Waals surface area contributed by atoms with E-state index in [1.807, 2.05) is 24.3 Å². The van der Waals surface area contributed by atoms with Crippen LogP contribution in [0.2, 0.25) is 0 Å². The molecule has 0 atom stereocenters. The van der Waals surface area contributed by atoms with E-state index in [0.29, 0.717) is 17.0 Å². The lowest BCUT2D eigenvalue weighted by atomic mass is 9.52. The van der Waals surface area contributed by atoms with Crippen molar-refractivity contribution < 1.29 is 4.79 Å². The Morgan fingerprint density at radius 2 is 1.87 bits per heavy atom. The van der Waals surface area contributed by atoms with Crippen LogP contribution in [0.3, 0.4) is 0 Å². The zero-order chi connectivity index (χ0) is 15.9. The Labute approximate surface area is 135 Å². The van der Waals surface area contributed by atoms with Crippen molar-refractivity contribution >= 4 is 5.91 Å². The molecule has 2 heterocycles. The molecule has 3 N–H and O–H groups in total. The molecule has 0 aliphatic heterocycles. The highest BCUT2D eigenvalue weighted by atomic mass is 16.1. The zero-order valence-corrected chi connectivity index (χ0v) is 12.9. The summed E-state index contributed by atoms with van der Waals surface area (Å²) in [6.45, 7) is 0. The van der Waals surface area contributed by atoms with Crippen LogP contribution in [0.1, 0.15) is 36.0 Å². The maximum atomic E-state index is 12.3. The van der Waals surface area contributed by atoms with E-state index in [-0.39, 0.29) is 11.9 Å². The summed E-state index contributed by atoms with van der Waals surface area (Å²) in [4.78, 5) is 20.9. The zero-order valence-electron chi connectivity index (χ0n) is 12.9. The first-order chi connectivity index (χ1) is 11.1. The molecule has 5 heteroatoms. The third kappa shape index (κ3) is 2.72. The smallest absolute Gasteiger partial charge is 0.253 e. The lowest BCUT2D eigenvalue weighted by Crippen LogP contribution is -2.59. The summed E-state index contributed by atoms with van der Waals surface area (Å²) in [5.41, 5.74) is 8.46. The van der Waals surface area contributed by atoms with E-state index in [1.165, 1.54) is 0 Å². The Morgan fingerprint density at radius 3 is 2.48 bits per heavy atom. The number of nitrogens with two attached hydrogens (primary N) is 1. The minimum Gasteiger partial charge on any atom is -0.349 e. The highest BCUT2D eigenvalue weighted by Gasteiger charge is 2.52. The van der Waals surface area contributed by atoms with E-state index >= 15 is 0 Å². The molecule has 0 bridgehead atoms. The summed E-state index contributed by atoms with van der Waals surface area (Å²) in [5.74, 6) is -0.0476. The van der Waals surface area contributed by atoms with Gasteiger partial charge in [-0.25, -0.2) is 0 Å². The number of hydrogen-bond donors (Lipinski definition) is 2. The molecule has 0 radical (unpaired) electrons. The van der Waals surface area contributed by atoms with Crippen LogP contribution in [0.15, 0.2) is 42.7 Å². The molecule has 4 rings (SSSR count). The Balaban J connectivity index is 1.36. The average Bonchev–Trinajstić information content (AvgIpc) is 2.52. The van der Waals surface area contributed by atoms with Gasteiger partial charge in [0.15, 0.2) is 0 Å². The first kappa shape index (κ1) is 14.3. The molecule has 2 aromatic heterocycles. The molecule has 2 aliphatic rings. The van der Waals surface area contributed by atoms with Gasteiger partial charge in [0.1, 0.15) is 0 Å². The fraction of sp³-hybridized carbons (Fsp3) is 0.389. The monoisotopic (exact) mass is 308 g/mol. The molecule has 2 aliphatic carbocycles. The largest absolute Gasteiger partial charge is 0.349 e. The van der Waals surface area contributed by atoms with Crippen molar-refractivity contribution in [1.29, 1.82) is 0 Å². The second kappa shape index (κ2) is 5.42. The van der Waals surface area contributed by atoms with Gasteiger partial charge in [0.05, 0.1) is 17.0 Å². The van der Waals surface area contributed by atoms with Crippen LogP contribution in [0.4, 0.5) is 0 Å². The number of carbonyl (C=O) groups is 1. The van der Waals surface area contributed by atoms with Gasteiger partial charge >= 0.3 is 0 Å². The fourth-order valence-corrected chi connectivity index (χ4v) is 3.94.